The molecule has 23 heavy (non-hydrogen) atoms. The van der Waals surface area contributed by atoms with Gasteiger partial charge in [-0.3, -0.25) is 4.90 Å². The highest BCUT2D eigenvalue weighted by molar-refractivity contribution is 5.29. The molecule has 1 aliphatic rings. The van der Waals surface area contributed by atoms with Crippen LogP contribution in [0.4, 0.5) is 0 Å². The molecule has 3 rings (SSSR count). The summed E-state index contributed by atoms with van der Waals surface area (Å²) in [4.78, 5) is 11.5. The Balaban J connectivity index is 2.04. The third-order valence-electron chi connectivity index (χ3n) is 3.99. The molecule has 1 fully saturated rings. The maximum Gasteiger partial charge on any atom is 0.220 e. The third-order valence-corrected chi connectivity index (χ3v) is 3.99. The van der Waals surface area contributed by atoms with E-state index < -0.39 is 0 Å². The van der Waals surface area contributed by atoms with Crippen molar-refractivity contribution in [3.63, 3.8) is 0 Å². The zero-order valence-corrected chi connectivity index (χ0v) is 13.5. The Bertz CT molecular complexity index is 607. The van der Waals surface area contributed by atoms with E-state index in [9.17, 15) is 0 Å². The van der Waals surface area contributed by atoms with Gasteiger partial charge in [-0.25, -0.2) is 0 Å². The molecule has 1 unspecified atom stereocenters. The van der Waals surface area contributed by atoms with Gasteiger partial charge in [0.15, 0.2) is 5.82 Å². The number of hydrogen-bond acceptors (Lipinski definition) is 6. The minimum absolute atomic E-state index is 0.0118. The van der Waals surface area contributed by atoms with Crippen LogP contribution in [0.1, 0.15) is 17.4 Å². The minimum Gasteiger partial charge on any atom is -0.481 e. The van der Waals surface area contributed by atoms with Gasteiger partial charge in [0.05, 0.1) is 26.3 Å². The van der Waals surface area contributed by atoms with E-state index in [1.807, 2.05) is 18.2 Å². The molecule has 0 saturated carbocycles. The van der Waals surface area contributed by atoms with Crippen LogP contribution < -0.4 is 14.8 Å². The highest BCUT2D eigenvalue weighted by atomic mass is 16.5. The maximum atomic E-state index is 5.31. The van der Waals surface area contributed by atoms with Gasteiger partial charge >= 0.3 is 0 Å². The standard InChI is InChI=1S/C17H22N4O2/c1-22-14-12-15(23-2)20-17(19-14)16(13-6-4-3-5-7-13)21-10-8-18-9-11-21/h3-7,12,16,18H,8-11H2,1-2H3. The van der Waals surface area contributed by atoms with Crippen LogP contribution in [0.15, 0.2) is 36.4 Å². The summed E-state index contributed by atoms with van der Waals surface area (Å²) in [6.45, 7) is 3.82. The molecule has 6 heteroatoms. The smallest absolute Gasteiger partial charge is 0.220 e. The molecule has 0 bridgehead atoms. The molecule has 0 radical (unpaired) electrons. The Morgan fingerprint density at radius 2 is 1.61 bits per heavy atom. The van der Waals surface area contributed by atoms with Crippen molar-refractivity contribution in [3.05, 3.63) is 47.8 Å². The van der Waals surface area contributed by atoms with Crippen LogP contribution in [0.5, 0.6) is 11.8 Å². The number of piperazine rings is 1. The zero-order chi connectivity index (χ0) is 16.1. The molecule has 6 nitrogen and oxygen atoms in total. The highest BCUT2D eigenvalue weighted by Crippen LogP contribution is 2.29. The van der Waals surface area contributed by atoms with Crippen molar-refractivity contribution in [1.29, 1.82) is 0 Å². The number of nitrogens with one attached hydrogen (secondary N) is 1. The van der Waals surface area contributed by atoms with Crippen molar-refractivity contribution in [2.75, 3.05) is 40.4 Å². The van der Waals surface area contributed by atoms with Gasteiger partial charge in [0, 0.05) is 26.2 Å². The number of rotatable bonds is 5. The van der Waals surface area contributed by atoms with E-state index in [0.29, 0.717) is 17.6 Å². The number of nitrogens with zero attached hydrogens (tertiary/aromatic N) is 3. The van der Waals surface area contributed by atoms with Gasteiger partial charge in [0.1, 0.15) is 0 Å². The van der Waals surface area contributed by atoms with Gasteiger partial charge in [0.25, 0.3) is 0 Å². The van der Waals surface area contributed by atoms with Crippen LogP contribution in [0.3, 0.4) is 0 Å². The molecule has 1 aromatic carbocycles. The number of hydrogen-bond donors (Lipinski definition) is 1. The lowest BCUT2D eigenvalue weighted by Gasteiger charge is -2.34. The third kappa shape index (κ3) is 3.60. The van der Waals surface area contributed by atoms with Crippen molar-refractivity contribution in [2.24, 2.45) is 0 Å². The summed E-state index contributed by atoms with van der Waals surface area (Å²) in [5.74, 6) is 1.74. The number of aromatic nitrogens is 2. The molecule has 2 aromatic rings. The summed E-state index contributed by atoms with van der Waals surface area (Å²) in [7, 11) is 3.21. The average molecular weight is 314 g/mol. The quantitative estimate of drug-likeness (QED) is 0.902. The van der Waals surface area contributed by atoms with E-state index in [-0.39, 0.29) is 6.04 Å². The molecule has 1 saturated heterocycles. The second kappa shape index (κ2) is 7.39. The minimum atomic E-state index is -0.0118. The number of methoxy groups -OCH3 is 2. The van der Waals surface area contributed by atoms with Gasteiger partial charge in [0.2, 0.25) is 11.8 Å². The first kappa shape index (κ1) is 15.7. The fourth-order valence-electron chi connectivity index (χ4n) is 2.85. The normalized spacial score (nSPS) is 16.8. The van der Waals surface area contributed by atoms with Crippen LogP contribution >= 0.6 is 0 Å². The van der Waals surface area contributed by atoms with Crippen LogP contribution in [-0.2, 0) is 0 Å². The molecule has 2 heterocycles. The molecule has 122 valence electrons. The first-order valence-electron chi connectivity index (χ1n) is 7.78. The Morgan fingerprint density at radius 3 is 2.17 bits per heavy atom. The van der Waals surface area contributed by atoms with E-state index in [1.165, 1.54) is 5.56 Å². The highest BCUT2D eigenvalue weighted by Gasteiger charge is 2.27. The van der Waals surface area contributed by atoms with Crippen molar-refractivity contribution in [2.45, 2.75) is 6.04 Å². The van der Waals surface area contributed by atoms with Crippen molar-refractivity contribution in [3.8, 4) is 11.8 Å². The van der Waals surface area contributed by atoms with Gasteiger partial charge in [-0.05, 0) is 5.56 Å². The van der Waals surface area contributed by atoms with E-state index in [4.69, 9.17) is 9.47 Å². The van der Waals surface area contributed by atoms with Gasteiger partial charge in [-0.2, -0.15) is 9.97 Å². The van der Waals surface area contributed by atoms with Crippen LogP contribution in [0.25, 0.3) is 0 Å². The lowest BCUT2D eigenvalue weighted by Crippen LogP contribution is -2.45. The molecule has 1 atom stereocenters. The lowest BCUT2D eigenvalue weighted by atomic mass is 10.0. The summed E-state index contributed by atoms with van der Waals surface area (Å²) >= 11 is 0. The molecule has 0 amide bonds. The zero-order valence-electron chi connectivity index (χ0n) is 13.5. The monoisotopic (exact) mass is 314 g/mol. The fourth-order valence-corrected chi connectivity index (χ4v) is 2.85. The van der Waals surface area contributed by atoms with E-state index in [2.05, 4.69) is 32.3 Å². The Morgan fingerprint density at radius 1 is 1.00 bits per heavy atom. The van der Waals surface area contributed by atoms with Crippen molar-refractivity contribution < 1.29 is 9.47 Å². The van der Waals surface area contributed by atoms with Gasteiger partial charge in [-0.15, -0.1) is 0 Å². The first-order valence-corrected chi connectivity index (χ1v) is 7.78. The Hall–Kier alpha value is -2.18. The average Bonchev–Trinajstić information content (AvgIpc) is 2.63. The summed E-state index contributed by atoms with van der Waals surface area (Å²) in [6, 6.07) is 12.0. The molecule has 1 aromatic heterocycles. The predicted octanol–water partition coefficient (Wildman–Crippen LogP) is 1.49. The molecular weight excluding hydrogens is 292 g/mol. The van der Waals surface area contributed by atoms with Crippen molar-refractivity contribution >= 4 is 0 Å². The lowest BCUT2D eigenvalue weighted by molar-refractivity contribution is 0.190. The molecule has 0 aliphatic carbocycles. The number of ether oxygens (including phenoxy) is 2. The molecule has 1 aliphatic heterocycles. The summed E-state index contributed by atoms with van der Waals surface area (Å²) in [6.07, 6.45) is 0. The van der Waals surface area contributed by atoms with Crippen LogP contribution in [0, 0.1) is 0 Å². The largest absolute Gasteiger partial charge is 0.481 e. The maximum absolute atomic E-state index is 5.31. The summed E-state index contributed by atoms with van der Waals surface area (Å²) in [5.41, 5.74) is 1.17. The summed E-state index contributed by atoms with van der Waals surface area (Å²) in [5, 5.41) is 3.39. The number of benzene rings is 1. The second-order valence-corrected chi connectivity index (χ2v) is 5.41. The SMILES string of the molecule is COc1cc(OC)nc(C(c2ccccc2)N2CCNCC2)n1. The second-order valence-electron chi connectivity index (χ2n) is 5.41. The van der Waals surface area contributed by atoms with Crippen LogP contribution in [0.2, 0.25) is 0 Å². The Kier molecular flexibility index (Phi) is 5.05. The first-order chi connectivity index (χ1) is 11.3. The topological polar surface area (TPSA) is 59.5 Å². The van der Waals surface area contributed by atoms with Gasteiger partial charge < -0.3 is 14.8 Å². The molecule has 0 spiro atoms. The molecular formula is C17H22N4O2. The summed E-state index contributed by atoms with van der Waals surface area (Å²) < 4.78 is 10.6. The van der Waals surface area contributed by atoms with Crippen LogP contribution in [-0.4, -0.2) is 55.3 Å². The van der Waals surface area contributed by atoms with E-state index >= 15 is 0 Å². The fraction of sp³-hybridized carbons (Fsp3) is 0.412. The Labute approximate surface area is 136 Å². The predicted molar refractivity (Wildman–Crippen MR) is 87.9 cm³/mol. The van der Waals surface area contributed by atoms with E-state index in [0.717, 1.165) is 26.2 Å². The molecule has 1 N–H and O–H groups in total. The van der Waals surface area contributed by atoms with E-state index in [1.54, 1.807) is 20.3 Å². The van der Waals surface area contributed by atoms with Gasteiger partial charge in [-0.1, -0.05) is 30.3 Å². The van der Waals surface area contributed by atoms with Crippen molar-refractivity contribution in [1.82, 2.24) is 20.2 Å².